The average molecular weight is 456 g/mol. The summed E-state index contributed by atoms with van der Waals surface area (Å²) in [7, 11) is -1.43. The average Bonchev–Trinajstić information content (AvgIpc) is 3.29. The van der Waals surface area contributed by atoms with Crippen molar-refractivity contribution in [1.29, 1.82) is 0 Å². The number of nitrogens with zero attached hydrogens (tertiary/aromatic N) is 2. The molecule has 0 aromatic heterocycles. The van der Waals surface area contributed by atoms with Crippen LogP contribution in [-0.4, -0.2) is 57.1 Å². The molecule has 2 aromatic rings. The first kappa shape index (κ1) is 21.1. The molecule has 1 saturated heterocycles. The van der Waals surface area contributed by atoms with Crippen molar-refractivity contribution in [2.24, 2.45) is 5.92 Å². The third-order valence-electron chi connectivity index (χ3n) is 6.91. The van der Waals surface area contributed by atoms with E-state index in [9.17, 15) is 8.42 Å². The van der Waals surface area contributed by atoms with Gasteiger partial charge >= 0.3 is 0 Å². The molecule has 2 aliphatic heterocycles. The fourth-order valence-corrected chi connectivity index (χ4v) is 6.92. The van der Waals surface area contributed by atoms with Crippen LogP contribution in [0.1, 0.15) is 29.5 Å². The Morgan fingerprint density at radius 3 is 2.48 bits per heavy atom. The smallest absolute Gasteiger partial charge is 0.243 e. The summed E-state index contributed by atoms with van der Waals surface area (Å²) in [5.74, 6) is 0.637. The van der Waals surface area contributed by atoms with Gasteiger partial charge in [-0.15, -0.1) is 11.8 Å². The summed E-state index contributed by atoms with van der Waals surface area (Å²) in [5.41, 5.74) is 3.44. The number of thioether (sulfide) groups is 1. The van der Waals surface area contributed by atoms with Gasteiger partial charge in [0.25, 0.3) is 0 Å². The van der Waals surface area contributed by atoms with Gasteiger partial charge in [-0.3, -0.25) is 0 Å². The van der Waals surface area contributed by atoms with E-state index in [1.165, 1.54) is 10.5 Å². The molecule has 3 atom stereocenters. The quantitative estimate of drug-likeness (QED) is 0.554. The summed E-state index contributed by atoms with van der Waals surface area (Å²) in [4.78, 5) is 3.85. The summed E-state index contributed by atoms with van der Waals surface area (Å²) in [6, 6.07) is 14.7. The number of fused-ring (bicyclic) bond motifs is 3. The molecular weight excluding hydrogens is 426 g/mol. The van der Waals surface area contributed by atoms with Crippen molar-refractivity contribution in [2.75, 3.05) is 44.8 Å². The summed E-state index contributed by atoms with van der Waals surface area (Å²) < 4.78 is 28.2. The van der Waals surface area contributed by atoms with Crippen molar-refractivity contribution < 1.29 is 8.42 Å². The molecule has 1 N–H and O–H groups in total. The number of hydrogen-bond acceptors (Lipinski definition) is 5. The van der Waals surface area contributed by atoms with Gasteiger partial charge < -0.3 is 10.2 Å². The van der Waals surface area contributed by atoms with Crippen LogP contribution in [0.15, 0.2) is 64.4 Å². The minimum Gasteiger partial charge on any atom is -0.378 e. The largest absolute Gasteiger partial charge is 0.378 e. The van der Waals surface area contributed by atoms with Gasteiger partial charge in [0.05, 0.1) is 10.9 Å². The SMILES string of the molecule is CSc1ccc(C2Nc3ccc(S(=O)(=O)N4CCN(C)CC4)cc3C3C=CCC32)cc1. The maximum atomic E-state index is 13.3. The normalized spacial score (nSPS) is 26.3. The van der Waals surface area contributed by atoms with E-state index in [0.717, 1.165) is 30.8 Å². The topological polar surface area (TPSA) is 52.7 Å². The van der Waals surface area contributed by atoms with Gasteiger partial charge in [-0.1, -0.05) is 24.3 Å². The number of likely N-dealkylation sites (N-methyl/N-ethyl adjacent to an activating group) is 1. The minimum absolute atomic E-state index is 0.225. The highest BCUT2D eigenvalue weighted by Gasteiger charge is 2.39. The molecule has 0 bridgehead atoms. The lowest BCUT2D eigenvalue weighted by molar-refractivity contribution is 0.222. The Morgan fingerprint density at radius 2 is 1.77 bits per heavy atom. The van der Waals surface area contributed by atoms with Gasteiger partial charge in [0.1, 0.15) is 0 Å². The number of anilines is 1. The molecule has 31 heavy (non-hydrogen) atoms. The lowest BCUT2D eigenvalue weighted by atomic mass is 9.77. The number of hydrogen-bond donors (Lipinski definition) is 1. The summed E-state index contributed by atoms with van der Waals surface area (Å²) in [5, 5.41) is 3.72. The van der Waals surface area contributed by atoms with Crippen LogP contribution in [-0.2, 0) is 10.0 Å². The molecule has 1 aliphatic carbocycles. The second-order valence-corrected chi connectivity index (χ2v) is 11.5. The maximum absolute atomic E-state index is 13.3. The molecule has 7 heteroatoms. The molecule has 5 rings (SSSR count). The van der Waals surface area contributed by atoms with E-state index in [1.807, 2.05) is 19.2 Å². The highest BCUT2D eigenvalue weighted by atomic mass is 32.2. The molecule has 3 unspecified atom stereocenters. The summed E-state index contributed by atoms with van der Waals surface area (Å²) in [6.07, 6.45) is 7.60. The third kappa shape index (κ3) is 3.82. The van der Waals surface area contributed by atoms with Crippen molar-refractivity contribution in [1.82, 2.24) is 9.21 Å². The molecule has 2 heterocycles. The fourth-order valence-electron chi connectivity index (χ4n) is 5.05. The first-order valence-electron chi connectivity index (χ1n) is 10.9. The predicted molar refractivity (Wildman–Crippen MR) is 127 cm³/mol. The Kier molecular flexibility index (Phi) is 5.63. The number of rotatable bonds is 4. The van der Waals surface area contributed by atoms with Crippen molar-refractivity contribution in [3.63, 3.8) is 0 Å². The van der Waals surface area contributed by atoms with Gasteiger partial charge in [0, 0.05) is 42.7 Å². The highest BCUT2D eigenvalue weighted by Crippen LogP contribution is 2.50. The van der Waals surface area contributed by atoms with Crippen LogP contribution < -0.4 is 5.32 Å². The Balaban J connectivity index is 1.47. The van der Waals surface area contributed by atoms with Crippen molar-refractivity contribution in [3.05, 3.63) is 65.7 Å². The van der Waals surface area contributed by atoms with Gasteiger partial charge in [-0.25, -0.2) is 8.42 Å². The van der Waals surface area contributed by atoms with Crippen molar-refractivity contribution in [2.45, 2.75) is 28.2 Å². The standard InChI is InChI=1S/C24H29N3O2S2/c1-26-12-14-27(15-13-26)31(28,29)19-10-11-23-22(16-19)20-4-3-5-21(20)24(25-23)17-6-8-18(30-2)9-7-17/h3-4,6-11,16,20-21,24-25H,5,12-15H2,1-2H3. The highest BCUT2D eigenvalue weighted by molar-refractivity contribution is 7.98. The molecule has 164 valence electrons. The molecule has 0 radical (unpaired) electrons. The van der Waals surface area contributed by atoms with E-state index in [4.69, 9.17) is 0 Å². The Morgan fingerprint density at radius 1 is 1.03 bits per heavy atom. The molecule has 0 saturated carbocycles. The molecule has 3 aliphatic rings. The van der Waals surface area contributed by atoms with Gasteiger partial charge in [-0.05, 0) is 67.1 Å². The van der Waals surface area contributed by atoms with Crippen LogP contribution in [0.2, 0.25) is 0 Å². The second-order valence-electron chi connectivity index (χ2n) is 8.71. The molecule has 0 amide bonds. The van der Waals surface area contributed by atoms with Crippen LogP contribution in [0.3, 0.4) is 0 Å². The number of allylic oxidation sites excluding steroid dienone is 2. The number of nitrogens with one attached hydrogen (secondary N) is 1. The Bertz CT molecular complexity index is 1090. The van der Waals surface area contributed by atoms with Gasteiger partial charge in [-0.2, -0.15) is 4.31 Å². The number of benzene rings is 2. The Labute approximate surface area is 189 Å². The van der Waals surface area contributed by atoms with Crippen LogP contribution in [0.25, 0.3) is 0 Å². The number of piperazine rings is 1. The maximum Gasteiger partial charge on any atom is 0.243 e. The lowest BCUT2D eigenvalue weighted by Crippen LogP contribution is -2.47. The summed E-state index contributed by atoms with van der Waals surface area (Å²) >= 11 is 1.75. The zero-order chi connectivity index (χ0) is 21.6. The first-order chi connectivity index (χ1) is 15.0. The van der Waals surface area contributed by atoms with Crippen LogP contribution >= 0.6 is 11.8 Å². The van der Waals surface area contributed by atoms with Gasteiger partial charge in [0.15, 0.2) is 0 Å². The zero-order valence-corrected chi connectivity index (χ0v) is 19.6. The monoisotopic (exact) mass is 455 g/mol. The third-order valence-corrected chi connectivity index (χ3v) is 9.55. The first-order valence-corrected chi connectivity index (χ1v) is 13.5. The van der Waals surface area contributed by atoms with E-state index in [-0.39, 0.29) is 12.0 Å². The number of sulfonamides is 1. The Hall–Kier alpha value is -1.80. The predicted octanol–water partition coefficient (Wildman–Crippen LogP) is 4.17. The van der Waals surface area contributed by atoms with Crippen molar-refractivity contribution in [3.8, 4) is 0 Å². The molecular formula is C24H29N3O2S2. The van der Waals surface area contributed by atoms with Gasteiger partial charge in [0.2, 0.25) is 10.0 Å². The van der Waals surface area contributed by atoms with E-state index < -0.39 is 10.0 Å². The van der Waals surface area contributed by atoms with Crippen LogP contribution in [0.5, 0.6) is 0 Å². The van der Waals surface area contributed by atoms with E-state index in [0.29, 0.717) is 23.9 Å². The van der Waals surface area contributed by atoms with Crippen molar-refractivity contribution >= 4 is 27.5 Å². The minimum atomic E-state index is -3.47. The lowest BCUT2D eigenvalue weighted by Gasteiger charge is -2.38. The molecule has 5 nitrogen and oxygen atoms in total. The second kappa shape index (κ2) is 8.28. The van der Waals surface area contributed by atoms with E-state index in [2.05, 4.69) is 52.9 Å². The van der Waals surface area contributed by atoms with E-state index in [1.54, 1.807) is 22.1 Å². The molecule has 0 spiro atoms. The van der Waals surface area contributed by atoms with E-state index >= 15 is 0 Å². The van der Waals surface area contributed by atoms with Crippen LogP contribution in [0.4, 0.5) is 5.69 Å². The zero-order valence-electron chi connectivity index (χ0n) is 18.0. The fraction of sp³-hybridized carbons (Fsp3) is 0.417. The molecule has 1 fully saturated rings. The summed E-state index contributed by atoms with van der Waals surface area (Å²) in [6.45, 7) is 2.65. The molecule has 2 aromatic carbocycles. The van der Waals surface area contributed by atoms with Crippen LogP contribution in [0, 0.1) is 5.92 Å².